The fraction of sp³-hybridized carbons (Fsp3) is 0.0800. The van der Waals surface area contributed by atoms with Gasteiger partial charge in [0.05, 0.1) is 28.9 Å². The standard InChI is InChI=1S/C25H19ClFN3O3/c1-15-23(31)22(16-6-5-7-19(14-16)33-2)24(28-25(32)20-8-3-4-9-21(20)26)30(29-15)18-12-10-17(27)11-13-18/h3-14H,1-2H3,(H,28,32). The molecule has 1 aromatic heterocycles. The molecule has 166 valence electrons. The number of carbonyl (C=O) groups is 1. The van der Waals surface area contributed by atoms with Crippen LogP contribution in [-0.2, 0) is 0 Å². The molecule has 0 fully saturated rings. The normalized spacial score (nSPS) is 10.7. The molecular weight excluding hydrogens is 445 g/mol. The summed E-state index contributed by atoms with van der Waals surface area (Å²) in [4.78, 5) is 26.4. The Morgan fingerprint density at radius 1 is 1.06 bits per heavy atom. The van der Waals surface area contributed by atoms with E-state index in [1.54, 1.807) is 55.5 Å². The van der Waals surface area contributed by atoms with Gasteiger partial charge in [0.2, 0.25) is 5.43 Å². The first-order chi connectivity index (χ1) is 15.9. The minimum Gasteiger partial charge on any atom is -0.497 e. The van der Waals surface area contributed by atoms with E-state index in [0.29, 0.717) is 17.0 Å². The quantitative estimate of drug-likeness (QED) is 0.438. The number of benzene rings is 3. The number of carbonyl (C=O) groups excluding carboxylic acids is 1. The number of aryl methyl sites for hydroxylation is 1. The molecule has 6 nitrogen and oxygen atoms in total. The largest absolute Gasteiger partial charge is 0.497 e. The maximum absolute atomic E-state index is 13.6. The van der Waals surface area contributed by atoms with E-state index in [4.69, 9.17) is 16.3 Å². The molecule has 33 heavy (non-hydrogen) atoms. The van der Waals surface area contributed by atoms with Gasteiger partial charge in [-0.15, -0.1) is 0 Å². The van der Waals surface area contributed by atoms with Crippen molar-refractivity contribution in [2.45, 2.75) is 6.92 Å². The highest BCUT2D eigenvalue weighted by Crippen LogP contribution is 2.30. The van der Waals surface area contributed by atoms with E-state index in [1.807, 2.05) is 0 Å². The molecule has 0 aliphatic rings. The SMILES string of the molecule is COc1cccc(-c2c(NC(=O)c3ccccc3Cl)n(-c3ccc(F)cc3)nc(C)c2=O)c1. The van der Waals surface area contributed by atoms with Gasteiger partial charge in [0.1, 0.15) is 23.1 Å². The number of hydrogen-bond donors (Lipinski definition) is 1. The van der Waals surface area contributed by atoms with Crippen LogP contribution in [0.2, 0.25) is 5.02 Å². The molecule has 0 radical (unpaired) electrons. The summed E-state index contributed by atoms with van der Waals surface area (Å²) in [5.41, 5.74) is 1.26. The highest BCUT2D eigenvalue weighted by Gasteiger charge is 2.22. The molecule has 3 aromatic carbocycles. The second-order valence-electron chi connectivity index (χ2n) is 7.19. The van der Waals surface area contributed by atoms with E-state index in [0.717, 1.165) is 0 Å². The predicted octanol–water partition coefficient (Wildman–Crippen LogP) is 5.26. The number of halogens is 2. The van der Waals surface area contributed by atoms with Crippen molar-refractivity contribution >= 4 is 23.3 Å². The number of nitrogens with zero attached hydrogens (tertiary/aromatic N) is 2. The average Bonchev–Trinajstić information content (AvgIpc) is 2.82. The Bertz CT molecular complexity index is 1400. The minimum atomic E-state index is -0.523. The van der Waals surface area contributed by atoms with E-state index in [9.17, 15) is 14.0 Å². The first-order valence-electron chi connectivity index (χ1n) is 9.99. The fourth-order valence-electron chi connectivity index (χ4n) is 3.39. The molecule has 4 aromatic rings. The lowest BCUT2D eigenvalue weighted by atomic mass is 10.0. The van der Waals surface area contributed by atoms with Gasteiger partial charge in [0.25, 0.3) is 5.91 Å². The van der Waals surface area contributed by atoms with Gasteiger partial charge in [-0.25, -0.2) is 9.07 Å². The second-order valence-corrected chi connectivity index (χ2v) is 7.60. The maximum Gasteiger partial charge on any atom is 0.258 e. The summed E-state index contributed by atoms with van der Waals surface area (Å²) in [6, 6.07) is 19.0. The highest BCUT2D eigenvalue weighted by molar-refractivity contribution is 6.34. The van der Waals surface area contributed by atoms with Crippen molar-refractivity contribution in [1.82, 2.24) is 9.78 Å². The van der Waals surface area contributed by atoms with Crippen LogP contribution < -0.4 is 15.5 Å². The zero-order chi connectivity index (χ0) is 23.5. The van der Waals surface area contributed by atoms with Gasteiger partial charge in [0, 0.05) is 0 Å². The first kappa shape index (κ1) is 22.2. The smallest absolute Gasteiger partial charge is 0.258 e. The zero-order valence-corrected chi connectivity index (χ0v) is 18.6. The number of anilines is 1. The molecule has 8 heteroatoms. The maximum atomic E-state index is 13.6. The lowest BCUT2D eigenvalue weighted by Gasteiger charge is -2.19. The van der Waals surface area contributed by atoms with Gasteiger partial charge in [0.15, 0.2) is 0 Å². The summed E-state index contributed by atoms with van der Waals surface area (Å²) in [6.45, 7) is 1.58. The van der Waals surface area contributed by atoms with E-state index >= 15 is 0 Å². The van der Waals surface area contributed by atoms with Crippen molar-refractivity contribution in [2.75, 3.05) is 12.4 Å². The van der Waals surface area contributed by atoms with Crippen LogP contribution in [0.1, 0.15) is 16.1 Å². The van der Waals surface area contributed by atoms with Crippen LogP contribution >= 0.6 is 11.6 Å². The van der Waals surface area contributed by atoms with Crippen LogP contribution in [0.15, 0.2) is 77.6 Å². The van der Waals surface area contributed by atoms with Gasteiger partial charge in [-0.1, -0.05) is 35.9 Å². The Morgan fingerprint density at radius 2 is 1.79 bits per heavy atom. The Balaban J connectivity index is 1.98. The van der Waals surface area contributed by atoms with Crippen molar-refractivity contribution in [3.63, 3.8) is 0 Å². The zero-order valence-electron chi connectivity index (χ0n) is 17.8. The summed E-state index contributed by atoms with van der Waals surface area (Å²) < 4.78 is 20.3. The van der Waals surface area contributed by atoms with Gasteiger partial charge >= 0.3 is 0 Å². The molecular formula is C25H19ClFN3O3. The molecule has 1 amide bonds. The van der Waals surface area contributed by atoms with Gasteiger partial charge in [-0.2, -0.15) is 5.10 Å². The number of methoxy groups -OCH3 is 1. The van der Waals surface area contributed by atoms with E-state index in [-0.39, 0.29) is 33.1 Å². The number of hydrogen-bond acceptors (Lipinski definition) is 4. The van der Waals surface area contributed by atoms with E-state index < -0.39 is 11.7 Å². The monoisotopic (exact) mass is 463 g/mol. The third kappa shape index (κ3) is 4.49. The number of ether oxygens (including phenoxy) is 1. The van der Waals surface area contributed by atoms with Crippen LogP contribution in [0.3, 0.4) is 0 Å². The summed E-state index contributed by atoms with van der Waals surface area (Å²) in [6.07, 6.45) is 0. The Morgan fingerprint density at radius 3 is 2.48 bits per heavy atom. The van der Waals surface area contributed by atoms with E-state index in [2.05, 4.69) is 10.4 Å². The van der Waals surface area contributed by atoms with Crippen LogP contribution in [0.4, 0.5) is 10.2 Å². The first-order valence-corrected chi connectivity index (χ1v) is 10.4. The van der Waals surface area contributed by atoms with Crippen molar-refractivity contribution in [1.29, 1.82) is 0 Å². The van der Waals surface area contributed by atoms with Crippen LogP contribution in [0.5, 0.6) is 5.75 Å². The Labute approximate surface area is 194 Å². The predicted molar refractivity (Wildman–Crippen MR) is 126 cm³/mol. The van der Waals surface area contributed by atoms with Crippen LogP contribution in [-0.4, -0.2) is 22.8 Å². The molecule has 0 spiro atoms. The summed E-state index contributed by atoms with van der Waals surface area (Å²) in [7, 11) is 1.52. The Hall–Kier alpha value is -3.97. The van der Waals surface area contributed by atoms with E-state index in [1.165, 1.54) is 36.1 Å². The van der Waals surface area contributed by atoms with Gasteiger partial charge in [-0.05, 0) is 61.0 Å². The lowest BCUT2D eigenvalue weighted by molar-refractivity contribution is 0.102. The molecule has 0 saturated carbocycles. The molecule has 0 aliphatic heterocycles. The van der Waals surface area contributed by atoms with Gasteiger partial charge in [-0.3, -0.25) is 9.59 Å². The molecule has 0 saturated heterocycles. The van der Waals surface area contributed by atoms with Crippen molar-refractivity contribution in [2.24, 2.45) is 0 Å². The third-order valence-electron chi connectivity index (χ3n) is 5.03. The average molecular weight is 464 g/mol. The third-order valence-corrected chi connectivity index (χ3v) is 5.36. The second kappa shape index (κ2) is 9.26. The molecule has 0 aliphatic carbocycles. The number of nitrogens with one attached hydrogen (secondary N) is 1. The molecule has 0 atom stereocenters. The molecule has 1 heterocycles. The molecule has 0 bridgehead atoms. The van der Waals surface area contributed by atoms with Crippen molar-refractivity contribution < 1.29 is 13.9 Å². The number of aromatic nitrogens is 2. The van der Waals surface area contributed by atoms with Gasteiger partial charge < -0.3 is 10.1 Å². The van der Waals surface area contributed by atoms with Crippen molar-refractivity contribution in [3.05, 3.63) is 105 Å². The molecule has 0 unspecified atom stereocenters. The fourth-order valence-corrected chi connectivity index (χ4v) is 3.61. The highest BCUT2D eigenvalue weighted by atomic mass is 35.5. The van der Waals surface area contributed by atoms with Crippen molar-refractivity contribution in [3.8, 4) is 22.6 Å². The summed E-state index contributed by atoms with van der Waals surface area (Å²) in [5.74, 6) is -0.287. The number of rotatable bonds is 5. The minimum absolute atomic E-state index is 0.121. The summed E-state index contributed by atoms with van der Waals surface area (Å²) >= 11 is 6.21. The lowest BCUT2D eigenvalue weighted by Crippen LogP contribution is -2.25. The summed E-state index contributed by atoms with van der Waals surface area (Å²) in [5, 5.41) is 7.43. The van der Waals surface area contributed by atoms with Crippen LogP contribution in [0.25, 0.3) is 16.8 Å². The Kier molecular flexibility index (Phi) is 6.24. The number of amides is 1. The molecule has 4 rings (SSSR count). The van der Waals surface area contributed by atoms with Crippen LogP contribution in [0, 0.1) is 12.7 Å². The molecule has 1 N–H and O–H groups in total. The topological polar surface area (TPSA) is 73.2 Å².